The number of ether oxygens (including phenoxy) is 1. The number of nitrogens with one attached hydrogen (secondary N) is 1. The van der Waals surface area contributed by atoms with Crippen molar-refractivity contribution >= 4 is 31.9 Å². The summed E-state index contributed by atoms with van der Waals surface area (Å²) in [6.07, 6.45) is 2.57. The van der Waals surface area contributed by atoms with Crippen LogP contribution in [0.3, 0.4) is 0 Å². The van der Waals surface area contributed by atoms with Gasteiger partial charge in [-0.2, -0.15) is 0 Å². The molecule has 1 aliphatic rings. The Bertz CT molecular complexity index is 430. The van der Waals surface area contributed by atoms with Gasteiger partial charge in [-0.1, -0.05) is 0 Å². The smallest absolute Gasteiger partial charge is 0.147 e. The lowest BCUT2D eigenvalue weighted by Gasteiger charge is -2.19. The van der Waals surface area contributed by atoms with E-state index in [4.69, 9.17) is 4.74 Å². The summed E-state index contributed by atoms with van der Waals surface area (Å²) in [6.45, 7) is 4.57. The monoisotopic (exact) mass is 391 g/mol. The highest BCUT2D eigenvalue weighted by Gasteiger charge is 2.21. The Kier molecular flexibility index (Phi) is 4.93. The predicted octanol–water partition coefficient (Wildman–Crippen LogP) is 3.61. The van der Waals surface area contributed by atoms with Gasteiger partial charge in [0.05, 0.1) is 14.5 Å². The number of benzene rings is 1. The summed E-state index contributed by atoms with van der Waals surface area (Å²) in [5.74, 6) is 0.734. The fourth-order valence-electron chi connectivity index (χ4n) is 1.65. The minimum absolute atomic E-state index is 0.254. The van der Waals surface area contributed by atoms with E-state index in [1.54, 1.807) is 13.8 Å². The summed E-state index contributed by atoms with van der Waals surface area (Å²) in [5, 5.41) is 13.2. The largest absolute Gasteiger partial charge is 0.488 e. The second kappa shape index (κ2) is 6.12. The first kappa shape index (κ1) is 15.3. The molecule has 3 nitrogen and oxygen atoms in total. The highest BCUT2D eigenvalue weighted by molar-refractivity contribution is 9.11. The van der Waals surface area contributed by atoms with Crippen molar-refractivity contribution < 1.29 is 9.84 Å². The van der Waals surface area contributed by atoms with E-state index >= 15 is 0 Å². The van der Waals surface area contributed by atoms with Gasteiger partial charge in [-0.15, -0.1) is 0 Å². The van der Waals surface area contributed by atoms with Crippen molar-refractivity contribution in [1.82, 2.24) is 5.32 Å². The molecule has 0 spiro atoms. The number of halogens is 2. The Hall–Kier alpha value is -0.100. The SMILES string of the molecule is CC(C)(O)COc1c(Br)cc(CNC2CC2)cc1Br. The first-order valence-corrected chi connectivity index (χ1v) is 8.00. The van der Waals surface area contributed by atoms with E-state index in [2.05, 4.69) is 49.3 Å². The van der Waals surface area contributed by atoms with Crippen molar-refractivity contribution in [2.45, 2.75) is 44.9 Å². The zero-order chi connectivity index (χ0) is 14.0. The quantitative estimate of drug-likeness (QED) is 0.776. The first-order chi connectivity index (χ1) is 8.85. The fraction of sp³-hybridized carbons (Fsp3) is 0.571. The molecule has 0 amide bonds. The average molecular weight is 393 g/mol. The summed E-state index contributed by atoms with van der Waals surface area (Å²) in [4.78, 5) is 0. The molecule has 19 heavy (non-hydrogen) atoms. The van der Waals surface area contributed by atoms with Gasteiger partial charge in [-0.25, -0.2) is 0 Å². The Morgan fingerprint density at radius 2 is 1.89 bits per heavy atom. The van der Waals surface area contributed by atoms with Gasteiger partial charge in [0.15, 0.2) is 0 Å². The Morgan fingerprint density at radius 1 is 1.32 bits per heavy atom. The molecule has 0 unspecified atom stereocenters. The zero-order valence-corrected chi connectivity index (χ0v) is 14.3. The Morgan fingerprint density at radius 3 is 2.37 bits per heavy atom. The van der Waals surface area contributed by atoms with Crippen LogP contribution in [0, 0.1) is 0 Å². The third kappa shape index (κ3) is 5.06. The van der Waals surface area contributed by atoms with E-state index < -0.39 is 5.60 Å². The van der Waals surface area contributed by atoms with Crippen LogP contribution in [0.5, 0.6) is 5.75 Å². The minimum Gasteiger partial charge on any atom is -0.488 e. The number of aliphatic hydroxyl groups is 1. The van der Waals surface area contributed by atoms with Crippen molar-refractivity contribution in [2.24, 2.45) is 0 Å². The van der Waals surface area contributed by atoms with E-state index in [-0.39, 0.29) is 6.61 Å². The third-order valence-corrected chi connectivity index (χ3v) is 3.98. The molecule has 1 fully saturated rings. The van der Waals surface area contributed by atoms with Crippen LogP contribution in [0.4, 0.5) is 0 Å². The molecule has 1 aromatic carbocycles. The molecule has 0 aliphatic heterocycles. The molecule has 0 radical (unpaired) electrons. The average Bonchev–Trinajstić information content (AvgIpc) is 3.07. The van der Waals surface area contributed by atoms with Gasteiger partial charge in [-0.05, 0) is 76.2 Å². The maximum atomic E-state index is 9.70. The maximum absolute atomic E-state index is 9.70. The molecule has 1 aliphatic carbocycles. The molecule has 0 heterocycles. The molecule has 5 heteroatoms. The molecule has 0 saturated heterocycles. The van der Waals surface area contributed by atoms with Crippen LogP contribution < -0.4 is 10.1 Å². The molecule has 0 atom stereocenters. The minimum atomic E-state index is -0.842. The van der Waals surface area contributed by atoms with Crippen LogP contribution in [0.15, 0.2) is 21.1 Å². The molecule has 1 aromatic rings. The topological polar surface area (TPSA) is 41.5 Å². The van der Waals surface area contributed by atoms with Crippen LogP contribution >= 0.6 is 31.9 Å². The van der Waals surface area contributed by atoms with Crippen molar-refractivity contribution in [3.63, 3.8) is 0 Å². The van der Waals surface area contributed by atoms with Crippen LogP contribution in [0.25, 0.3) is 0 Å². The van der Waals surface area contributed by atoms with E-state index in [9.17, 15) is 5.11 Å². The summed E-state index contributed by atoms with van der Waals surface area (Å²) < 4.78 is 7.46. The highest BCUT2D eigenvalue weighted by Crippen LogP contribution is 2.35. The highest BCUT2D eigenvalue weighted by atomic mass is 79.9. The van der Waals surface area contributed by atoms with Crippen LogP contribution in [0.1, 0.15) is 32.3 Å². The second-order valence-electron chi connectivity index (χ2n) is 5.64. The van der Waals surface area contributed by atoms with Crippen molar-refractivity contribution in [2.75, 3.05) is 6.61 Å². The lowest BCUT2D eigenvalue weighted by Crippen LogP contribution is -2.28. The van der Waals surface area contributed by atoms with E-state index in [0.717, 1.165) is 21.2 Å². The molecular weight excluding hydrogens is 374 g/mol. The van der Waals surface area contributed by atoms with Gasteiger partial charge in [0, 0.05) is 12.6 Å². The van der Waals surface area contributed by atoms with Gasteiger partial charge < -0.3 is 15.2 Å². The number of hydrogen-bond donors (Lipinski definition) is 2. The summed E-state index contributed by atoms with van der Waals surface area (Å²) in [7, 11) is 0. The number of rotatable bonds is 6. The third-order valence-electron chi connectivity index (χ3n) is 2.80. The normalized spacial score (nSPS) is 15.6. The fourth-order valence-corrected chi connectivity index (χ4v) is 3.16. The van der Waals surface area contributed by atoms with Crippen LogP contribution in [-0.4, -0.2) is 23.4 Å². The van der Waals surface area contributed by atoms with Crippen LogP contribution in [-0.2, 0) is 6.54 Å². The number of hydrogen-bond acceptors (Lipinski definition) is 3. The summed E-state index contributed by atoms with van der Waals surface area (Å²) >= 11 is 7.05. The second-order valence-corrected chi connectivity index (χ2v) is 7.35. The molecular formula is C14H19Br2NO2. The van der Waals surface area contributed by atoms with Gasteiger partial charge in [0.1, 0.15) is 12.4 Å². The predicted molar refractivity (Wildman–Crippen MR) is 83.5 cm³/mol. The van der Waals surface area contributed by atoms with Gasteiger partial charge in [-0.3, -0.25) is 0 Å². The first-order valence-electron chi connectivity index (χ1n) is 6.41. The van der Waals surface area contributed by atoms with Gasteiger partial charge in [0.25, 0.3) is 0 Å². The van der Waals surface area contributed by atoms with Crippen molar-refractivity contribution in [1.29, 1.82) is 0 Å². The van der Waals surface area contributed by atoms with Crippen molar-refractivity contribution in [3.05, 3.63) is 26.6 Å². The summed E-state index contributed by atoms with van der Waals surface area (Å²) in [5.41, 5.74) is 0.367. The van der Waals surface area contributed by atoms with E-state index in [1.807, 2.05) is 0 Å². The van der Waals surface area contributed by atoms with Gasteiger partial charge in [0.2, 0.25) is 0 Å². The maximum Gasteiger partial charge on any atom is 0.147 e. The Labute approximate surface area is 131 Å². The molecule has 0 aromatic heterocycles. The van der Waals surface area contributed by atoms with Crippen LogP contribution in [0.2, 0.25) is 0 Å². The lowest BCUT2D eigenvalue weighted by molar-refractivity contribution is 0.0279. The molecule has 1 saturated carbocycles. The lowest BCUT2D eigenvalue weighted by atomic mass is 10.1. The molecule has 0 bridgehead atoms. The van der Waals surface area contributed by atoms with Gasteiger partial charge >= 0.3 is 0 Å². The molecule has 106 valence electrons. The summed E-state index contributed by atoms with van der Waals surface area (Å²) in [6, 6.07) is 4.81. The molecule has 2 rings (SSSR count). The Balaban J connectivity index is 2.03. The molecule has 2 N–H and O–H groups in total. The van der Waals surface area contributed by atoms with Crippen molar-refractivity contribution in [3.8, 4) is 5.75 Å². The standard InChI is InChI=1S/C14H19Br2NO2/c1-14(2,18)8-19-13-11(15)5-9(6-12(13)16)7-17-10-3-4-10/h5-6,10,17-18H,3-4,7-8H2,1-2H3. The zero-order valence-electron chi connectivity index (χ0n) is 11.2. The van der Waals surface area contributed by atoms with E-state index in [0.29, 0.717) is 6.04 Å². The van der Waals surface area contributed by atoms with E-state index in [1.165, 1.54) is 18.4 Å².